The molecule has 0 spiro atoms. The number of primary amides is 1. The molecule has 1 aromatic carbocycles. The number of pyridine rings is 1. The van der Waals surface area contributed by atoms with E-state index >= 15 is 0 Å². The topological polar surface area (TPSA) is 164 Å². The van der Waals surface area contributed by atoms with Gasteiger partial charge in [0.05, 0.1) is 44.8 Å². The number of aromatic nitrogens is 4. The Morgan fingerprint density at radius 2 is 1.83 bits per heavy atom. The summed E-state index contributed by atoms with van der Waals surface area (Å²) in [5, 5.41) is 5.71. The largest absolute Gasteiger partial charge is 0.411 e. The van der Waals surface area contributed by atoms with Gasteiger partial charge in [-0.3, -0.25) is 4.98 Å². The Balaban J connectivity index is 1.72. The number of sulfone groups is 1. The Bertz CT molecular complexity index is 1580. The molecule has 0 aliphatic heterocycles. The maximum Gasteiger partial charge on any atom is 0.411 e. The molecule has 0 atom stereocenters. The summed E-state index contributed by atoms with van der Waals surface area (Å²) in [4.78, 5) is 28.4. The number of rotatable bonds is 7. The Kier molecular flexibility index (Phi) is 6.97. The molecule has 0 bridgehead atoms. The van der Waals surface area contributed by atoms with E-state index in [0.29, 0.717) is 28.3 Å². The van der Waals surface area contributed by atoms with Crippen LogP contribution in [0, 0.1) is 0 Å². The number of hydrogen-bond donors (Lipinski definition) is 1. The van der Waals surface area contributed by atoms with Gasteiger partial charge in [0.2, 0.25) is 0 Å². The second-order valence-electron chi connectivity index (χ2n) is 7.63. The van der Waals surface area contributed by atoms with Crippen molar-refractivity contribution in [2.24, 2.45) is 10.7 Å². The summed E-state index contributed by atoms with van der Waals surface area (Å²) < 4.78 is 35.2. The van der Waals surface area contributed by atoms with E-state index in [0.717, 1.165) is 0 Å². The van der Waals surface area contributed by atoms with Crippen molar-refractivity contribution in [3.05, 3.63) is 54.9 Å². The van der Waals surface area contributed by atoms with Crippen molar-refractivity contribution in [1.82, 2.24) is 20.1 Å². The summed E-state index contributed by atoms with van der Waals surface area (Å²) >= 11 is 4.58. The average Bonchev–Trinajstić information content (AvgIpc) is 3.35. The second kappa shape index (κ2) is 10.1. The monoisotopic (exact) mass is 522 g/mol. The van der Waals surface area contributed by atoms with Gasteiger partial charge in [-0.15, -0.1) is 0 Å². The molecule has 36 heavy (non-hydrogen) atoms. The molecule has 4 aromatic rings. The predicted molar refractivity (Wildman–Crippen MR) is 133 cm³/mol. The third-order valence-corrected chi connectivity index (χ3v) is 7.23. The van der Waals surface area contributed by atoms with Crippen molar-refractivity contribution in [1.29, 1.82) is 0 Å². The van der Waals surface area contributed by atoms with E-state index in [1.54, 1.807) is 44.2 Å². The minimum atomic E-state index is -3.43. The van der Waals surface area contributed by atoms with E-state index in [4.69, 9.17) is 15.0 Å². The summed E-state index contributed by atoms with van der Waals surface area (Å²) in [5.41, 5.74) is 7.57. The first-order chi connectivity index (χ1) is 17.2. The molecule has 3 aromatic heterocycles. The van der Waals surface area contributed by atoms with Crippen LogP contribution in [0.3, 0.4) is 0 Å². The third kappa shape index (κ3) is 5.18. The van der Waals surface area contributed by atoms with Crippen LogP contribution in [-0.4, -0.2) is 45.0 Å². The highest BCUT2D eigenvalue weighted by atomic mass is 32.2. The lowest BCUT2D eigenvalue weighted by Crippen LogP contribution is -2.17. The highest BCUT2D eigenvalue weighted by Gasteiger charge is 2.21. The van der Waals surface area contributed by atoms with Crippen LogP contribution < -0.4 is 10.5 Å². The first-order valence-electron chi connectivity index (χ1n) is 10.4. The molecule has 182 valence electrons. The molecule has 11 nitrogen and oxygen atoms in total. The molecule has 0 unspecified atom stereocenters. The number of ether oxygens (including phenoxy) is 1. The minimum Gasteiger partial charge on any atom is -0.389 e. The van der Waals surface area contributed by atoms with Gasteiger partial charge in [-0.1, -0.05) is 17.3 Å². The quantitative estimate of drug-likeness (QED) is 0.274. The van der Waals surface area contributed by atoms with Gasteiger partial charge in [-0.2, -0.15) is 4.99 Å². The number of isothiocyanates is 1. The number of thiocarbonyl (C=S) groups is 1. The number of amides is 1. The molecule has 1 amide bonds. The summed E-state index contributed by atoms with van der Waals surface area (Å²) in [6.45, 7) is 3.23. The van der Waals surface area contributed by atoms with Crippen molar-refractivity contribution in [3.63, 3.8) is 0 Å². The van der Waals surface area contributed by atoms with Crippen LogP contribution in [0.15, 0.2) is 69.3 Å². The van der Waals surface area contributed by atoms with Crippen LogP contribution in [0.1, 0.15) is 13.8 Å². The lowest BCUT2D eigenvalue weighted by Gasteiger charge is -2.09. The van der Waals surface area contributed by atoms with Gasteiger partial charge in [-0.05, 0) is 50.3 Å². The summed E-state index contributed by atoms with van der Waals surface area (Å²) in [6, 6.07) is 11.1. The summed E-state index contributed by atoms with van der Waals surface area (Å²) in [5.74, 6) is -0.0519. The Morgan fingerprint density at radius 3 is 2.44 bits per heavy atom. The van der Waals surface area contributed by atoms with E-state index in [1.807, 2.05) is 0 Å². The predicted octanol–water partition coefficient (Wildman–Crippen LogP) is 4.23. The van der Waals surface area contributed by atoms with Crippen LogP contribution in [0.2, 0.25) is 0 Å². The van der Waals surface area contributed by atoms with E-state index in [1.165, 1.54) is 24.5 Å². The van der Waals surface area contributed by atoms with Gasteiger partial charge in [0, 0.05) is 11.6 Å². The first kappa shape index (κ1) is 24.8. The maximum atomic E-state index is 12.4. The van der Waals surface area contributed by atoms with E-state index in [9.17, 15) is 13.2 Å². The van der Waals surface area contributed by atoms with Gasteiger partial charge in [0.15, 0.2) is 21.3 Å². The molecule has 0 saturated heterocycles. The normalized spacial score (nSPS) is 11.2. The number of aliphatic imine (C=N–C) groups is 1. The van der Waals surface area contributed by atoms with Crippen LogP contribution in [-0.2, 0) is 9.84 Å². The number of nitrogens with two attached hydrogens (primary N) is 1. The molecule has 4 rings (SSSR count). The molecule has 0 aliphatic carbocycles. The van der Waals surface area contributed by atoms with Gasteiger partial charge < -0.3 is 15.0 Å². The number of hydrogen-bond acceptors (Lipinski definition) is 11. The SMILES string of the molecule is CC(C)S(=O)(=O)c1ccc(-c2cnc(OC(N)=O)c(-c3cc(-c4ccc(N=C=S)cn4)no3)n2)cc1. The fourth-order valence-corrected chi connectivity index (χ4v) is 4.26. The first-order valence-corrected chi connectivity index (χ1v) is 12.3. The number of carbonyl (C=O) groups is 1. The van der Waals surface area contributed by atoms with Crippen molar-refractivity contribution in [3.8, 4) is 40.0 Å². The number of carbonyl (C=O) groups excluding carboxylic acids is 1. The molecule has 3 heterocycles. The Labute approximate surface area is 211 Å². The van der Waals surface area contributed by atoms with Crippen LogP contribution in [0.5, 0.6) is 5.88 Å². The number of benzene rings is 1. The van der Waals surface area contributed by atoms with Crippen molar-refractivity contribution in [2.75, 3.05) is 0 Å². The second-order valence-corrected chi connectivity index (χ2v) is 10.3. The van der Waals surface area contributed by atoms with E-state index < -0.39 is 21.2 Å². The van der Waals surface area contributed by atoms with E-state index in [-0.39, 0.29) is 22.2 Å². The Morgan fingerprint density at radius 1 is 1.08 bits per heavy atom. The lowest BCUT2D eigenvalue weighted by molar-refractivity contribution is 0.209. The fourth-order valence-electron chi connectivity index (χ4n) is 3.10. The minimum absolute atomic E-state index is 0.0610. The van der Waals surface area contributed by atoms with Gasteiger partial charge >= 0.3 is 6.09 Å². The lowest BCUT2D eigenvalue weighted by atomic mass is 10.1. The molecule has 0 aliphatic rings. The van der Waals surface area contributed by atoms with Gasteiger partial charge in [0.25, 0.3) is 5.88 Å². The zero-order valence-electron chi connectivity index (χ0n) is 18.9. The zero-order chi connectivity index (χ0) is 25.9. The average molecular weight is 523 g/mol. The van der Waals surface area contributed by atoms with Crippen molar-refractivity contribution < 1.29 is 22.5 Å². The molecule has 0 saturated carbocycles. The molecular formula is C23H18N6O5S2. The summed E-state index contributed by atoms with van der Waals surface area (Å²) in [6.07, 6.45) is 1.77. The maximum absolute atomic E-state index is 12.4. The third-order valence-electron chi connectivity index (χ3n) is 4.96. The standard InChI is InChI=1S/C23H18N6O5S2/c1-13(2)36(31,32)16-6-3-14(4-7-16)19-11-26-22(33-23(24)30)21(28-19)20-9-18(29-34-20)17-8-5-15(10-25-17)27-12-35/h3-11,13H,1-2H3,(H2,24,30). The van der Waals surface area contributed by atoms with Gasteiger partial charge in [-0.25, -0.2) is 23.2 Å². The van der Waals surface area contributed by atoms with Crippen LogP contribution in [0.25, 0.3) is 34.1 Å². The molecule has 2 N–H and O–H groups in total. The van der Waals surface area contributed by atoms with Crippen molar-refractivity contribution in [2.45, 2.75) is 24.0 Å². The van der Waals surface area contributed by atoms with Gasteiger partial charge in [0.1, 0.15) is 5.69 Å². The van der Waals surface area contributed by atoms with Crippen molar-refractivity contribution >= 4 is 39.0 Å². The Hall–Kier alpha value is -4.32. The van der Waals surface area contributed by atoms with E-state index in [2.05, 4.69) is 42.5 Å². The molecule has 0 fully saturated rings. The molecule has 13 heteroatoms. The molecular weight excluding hydrogens is 504 g/mol. The van der Waals surface area contributed by atoms with Crippen LogP contribution >= 0.6 is 12.2 Å². The summed E-state index contributed by atoms with van der Waals surface area (Å²) in [7, 11) is -3.43. The number of nitrogens with zero attached hydrogens (tertiary/aromatic N) is 5. The van der Waals surface area contributed by atoms with Crippen LogP contribution in [0.4, 0.5) is 10.5 Å². The molecule has 0 radical (unpaired) electrons. The highest BCUT2D eigenvalue weighted by molar-refractivity contribution is 7.92. The fraction of sp³-hybridized carbons (Fsp3) is 0.130. The smallest absolute Gasteiger partial charge is 0.389 e. The highest BCUT2D eigenvalue weighted by Crippen LogP contribution is 2.32. The zero-order valence-corrected chi connectivity index (χ0v) is 20.6.